The molecule has 0 saturated carbocycles. The van der Waals surface area contributed by atoms with Gasteiger partial charge in [0.1, 0.15) is 22.3 Å². The van der Waals surface area contributed by atoms with Crippen LogP contribution in [0.2, 0.25) is 0 Å². The molecule has 12 heteroatoms. The first-order valence-corrected chi connectivity index (χ1v) is 31.4. The summed E-state index contributed by atoms with van der Waals surface area (Å²) in [4.78, 5) is 0. The maximum atomic E-state index is 9.76. The van der Waals surface area contributed by atoms with Crippen LogP contribution in [-0.2, 0) is 0 Å². The minimum atomic E-state index is -1.49. The zero-order valence-corrected chi connectivity index (χ0v) is 50.6. The van der Waals surface area contributed by atoms with E-state index in [2.05, 4.69) is 233 Å². The number of benzene rings is 12. The van der Waals surface area contributed by atoms with E-state index in [-0.39, 0.29) is 0 Å². The summed E-state index contributed by atoms with van der Waals surface area (Å²) in [5, 5.41) is 33.9. The first-order valence-electron chi connectivity index (χ1n) is 27.3. The molecule has 0 saturated heterocycles. The fourth-order valence-corrected chi connectivity index (χ4v) is 16.3. The van der Waals surface area contributed by atoms with Crippen molar-refractivity contribution >= 4 is 211 Å². The van der Waals surface area contributed by atoms with Gasteiger partial charge in [-0.25, -0.2) is 0 Å². The van der Waals surface area contributed by atoms with E-state index in [0.717, 1.165) is 95.9 Å². The molecule has 0 bridgehead atoms. The minimum absolute atomic E-state index is 0.503. The maximum absolute atomic E-state index is 9.76. The van der Waals surface area contributed by atoms with Crippen LogP contribution in [0.5, 0.6) is 0 Å². The normalized spacial score (nSPS) is 11.9. The van der Waals surface area contributed by atoms with Gasteiger partial charge in [0.2, 0.25) is 0 Å². The first kappa shape index (κ1) is 51.4. The fourth-order valence-electron chi connectivity index (χ4n) is 12.4. The highest BCUT2D eigenvalue weighted by molar-refractivity contribution is 9.11. The highest BCUT2D eigenvalue weighted by Crippen LogP contribution is 2.47. The Morgan fingerprint density at radius 1 is 0.333 bits per heavy atom. The summed E-state index contributed by atoms with van der Waals surface area (Å²) < 4.78 is 25.1. The van der Waals surface area contributed by atoms with E-state index in [0.29, 0.717) is 5.46 Å². The molecule has 18 rings (SSSR count). The second kappa shape index (κ2) is 20.5. The molecule has 0 amide bonds. The Bertz CT molecular complexity index is 5610. The van der Waals surface area contributed by atoms with Crippen LogP contribution < -0.4 is 5.46 Å². The molecule has 6 aromatic heterocycles. The van der Waals surface area contributed by atoms with Crippen molar-refractivity contribution in [2.45, 2.75) is 0 Å². The van der Waals surface area contributed by atoms with Gasteiger partial charge >= 0.3 is 7.12 Å². The van der Waals surface area contributed by atoms with Gasteiger partial charge in [0, 0.05) is 100 Å². The average molecular weight is 1310 g/mol. The van der Waals surface area contributed by atoms with Crippen molar-refractivity contribution in [1.82, 2.24) is 9.13 Å². The molecular formula is C72H42BBr3N2O4S2. The van der Waals surface area contributed by atoms with E-state index in [9.17, 15) is 10.0 Å². The molecule has 0 unspecified atom stereocenters. The molecule has 6 nitrogen and oxygen atoms in total. The smallest absolute Gasteiger partial charge is 0.454 e. The Labute approximate surface area is 513 Å². The van der Waals surface area contributed by atoms with Crippen molar-refractivity contribution in [3.8, 4) is 22.5 Å². The third-order valence-corrected chi connectivity index (χ3v) is 20.4. The van der Waals surface area contributed by atoms with Crippen molar-refractivity contribution in [3.63, 3.8) is 0 Å². The molecule has 0 fully saturated rings. The Morgan fingerprint density at radius 2 is 0.738 bits per heavy atom. The summed E-state index contributed by atoms with van der Waals surface area (Å²) in [5.74, 6) is 0. The predicted octanol–water partition coefficient (Wildman–Crippen LogP) is 21.4. The van der Waals surface area contributed by atoms with E-state index < -0.39 is 7.12 Å². The second-order valence-electron chi connectivity index (χ2n) is 20.8. The lowest BCUT2D eigenvalue weighted by Crippen LogP contribution is -2.29. The lowest BCUT2D eigenvalue weighted by Gasteiger charge is -2.08. The highest BCUT2D eigenvalue weighted by atomic mass is 79.9. The van der Waals surface area contributed by atoms with Gasteiger partial charge in [0.25, 0.3) is 0 Å². The van der Waals surface area contributed by atoms with Crippen molar-refractivity contribution < 1.29 is 18.9 Å². The third-order valence-electron chi connectivity index (χ3n) is 16.1. The van der Waals surface area contributed by atoms with E-state index in [1.54, 1.807) is 17.4 Å². The number of nitrogens with zero attached hydrogens (tertiary/aromatic N) is 2. The largest absolute Gasteiger partial charge is 0.488 e. The van der Waals surface area contributed by atoms with Crippen LogP contribution in [0.3, 0.4) is 0 Å². The maximum Gasteiger partial charge on any atom is 0.488 e. The van der Waals surface area contributed by atoms with Crippen LogP contribution in [0.15, 0.2) is 265 Å². The second-order valence-corrected chi connectivity index (χ2v) is 25.5. The Hall–Kier alpha value is -8.30. The van der Waals surface area contributed by atoms with Gasteiger partial charge in [-0.1, -0.05) is 158 Å². The number of hydrogen-bond acceptors (Lipinski definition) is 6. The minimum Gasteiger partial charge on any atom is -0.454 e. The molecule has 0 aliphatic heterocycles. The van der Waals surface area contributed by atoms with Gasteiger partial charge < -0.3 is 28.0 Å². The molecule has 0 aliphatic carbocycles. The predicted molar refractivity (Wildman–Crippen MR) is 367 cm³/mol. The van der Waals surface area contributed by atoms with Crippen LogP contribution in [0.1, 0.15) is 0 Å². The highest BCUT2D eigenvalue weighted by Gasteiger charge is 2.23. The quantitative estimate of drug-likeness (QED) is 0.172. The topological polar surface area (TPSA) is 76.6 Å². The molecule has 12 aromatic carbocycles. The molecule has 400 valence electrons. The number of fused-ring (bicyclic) bond motifs is 20. The van der Waals surface area contributed by atoms with Crippen molar-refractivity contribution in [2.24, 2.45) is 0 Å². The summed E-state index contributed by atoms with van der Waals surface area (Å²) in [6.45, 7) is 0. The molecule has 0 aliphatic rings. The summed E-state index contributed by atoms with van der Waals surface area (Å²) in [7, 11) is -1.49. The number of rotatable bonds is 4. The van der Waals surface area contributed by atoms with Gasteiger partial charge in [-0.2, -0.15) is 0 Å². The number of furan rings is 2. The third kappa shape index (κ3) is 8.22. The van der Waals surface area contributed by atoms with Gasteiger partial charge in [-0.15, -0.1) is 22.7 Å². The number of thiophene rings is 2. The van der Waals surface area contributed by atoms with Gasteiger partial charge in [0.05, 0.1) is 35.5 Å². The van der Waals surface area contributed by atoms with E-state index >= 15 is 0 Å². The zero-order chi connectivity index (χ0) is 56.3. The number of hydrogen-bond donors (Lipinski definition) is 2. The Balaban J connectivity index is 0.000000114. The lowest BCUT2D eigenvalue weighted by molar-refractivity contribution is 0.426. The van der Waals surface area contributed by atoms with Gasteiger partial charge in [-0.05, 0) is 144 Å². The fraction of sp³-hybridized carbons (Fsp3) is 0. The SMILES string of the molecule is Brc1cccc2c1oc1c(-c3ccc4c(c3)c3c5sc6ccccc6c5ccc3n4-c3ccccc3)cccc12.Brc1cccc2c1oc1c(Br)cccc12.OB(O)c1ccc2c(c1)c1c3sc4ccccc4c3ccc1n2-c1ccccc1. The molecule has 0 atom stereocenters. The lowest BCUT2D eigenvalue weighted by atomic mass is 9.80. The molecule has 18 aromatic rings. The van der Waals surface area contributed by atoms with Crippen LogP contribution in [0.25, 0.3) is 150 Å². The number of aromatic nitrogens is 2. The summed E-state index contributed by atoms with van der Waals surface area (Å²) in [5.41, 5.74) is 13.2. The summed E-state index contributed by atoms with van der Waals surface area (Å²) in [6.07, 6.45) is 0. The summed E-state index contributed by atoms with van der Waals surface area (Å²) in [6, 6.07) is 84.5. The standard InChI is InChI=1S/C36H20BrNOS.C24H16BNO2S.C12H6Br2O/c37-29-14-7-13-26-25-12-6-11-23(34(25)39-35(26)29)21-16-18-30-28(20-21)33-31(38(30)22-8-2-1-3-9-22)19-17-27-24-10-4-5-15-32(24)40-36(27)33;27-25(28)15-10-12-20-19(14-15)23-21(26(20)16-6-2-1-3-7-16)13-11-18-17-8-4-5-9-22(17)29-24(18)23;13-9-5-1-3-7-8-4-2-6-10(14)12(8)15-11(7)9/h1-20H;1-14,27-28H;1-6H. The molecule has 6 heterocycles. The van der Waals surface area contributed by atoms with E-state index in [1.807, 2.05) is 72.0 Å². The van der Waals surface area contributed by atoms with Crippen LogP contribution in [0.4, 0.5) is 0 Å². The monoisotopic (exact) mass is 1310 g/mol. The first-order chi connectivity index (χ1) is 41.3. The van der Waals surface area contributed by atoms with Crippen LogP contribution >= 0.6 is 70.5 Å². The Morgan fingerprint density at radius 3 is 1.24 bits per heavy atom. The van der Waals surface area contributed by atoms with Gasteiger partial charge in [0.15, 0.2) is 0 Å². The number of halogens is 3. The summed E-state index contributed by atoms with van der Waals surface area (Å²) >= 11 is 14.3. The van der Waals surface area contributed by atoms with Crippen molar-refractivity contribution in [1.29, 1.82) is 0 Å². The van der Waals surface area contributed by atoms with Crippen LogP contribution in [-0.4, -0.2) is 26.3 Å². The van der Waals surface area contributed by atoms with E-state index in [4.69, 9.17) is 8.83 Å². The van der Waals surface area contributed by atoms with Crippen molar-refractivity contribution in [3.05, 3.63) is 256 Å². The van der Waals surface area contributed by atoms with E-state index in [1.165, 1.54) is 67.8 Å². The Kier molecular flexibility index (Phi) is 12.5. The zero-order valence-electron chi connectivity index (χ0n) is 44.2. The molecule has 2 N–H and O–H groups in total. The average Bonchev–Trinajstić information content (AvgIpc) is 2.29. The van der Waals surface area contributed by atoms with Gasteiger partial charge in [-0.3, -0.25) is 0 Å². The molecule has 0 radical (unpaired) electrons. The van der Waals surface area contributed by atoms with Crippen molar-refractivity contribution in [2.75, 3.05) is 0 Å². The molecule has 0 spiro atoms. The molecule has 84 heavy (non-hydrogen) atoms. The number of para-hydroxylation sites is 6. The molecular weight excluding hydrogens is 1270 g/mol. The van der Waals surface area contributed by atoms with Crippen LogP contribution in [0, 0.1) is 0 Å².